The van der Waals surface area contributed by atoms with Crippen LogP contribution in [0.3, 0.4) is 0 Å². The molecule has 0 aliphatic heterocycles. The summed E-state index contributed by atoms with van der Waals surface area (Å²) in [5.41, 5.74) is 8.10. The van der Waals surface area contributed by atoms with Crippen molar-refractivity contribution in [2.45, 2.75) is 6.92 Å². The SMILES string of the molecule is CC(=N)c1cc(NC(=O)c2ccc(=N)n(C=N)c2)ccc1N. The molecule has 1 heterocycles. The molecule has 0 aliphatic carbocycles. The van der Waals surface area contributed by atoms with E-state index in [1.54, 1.807) is 25.1 Å². The van der Waals surface area contributed by atoms with Gasteiger partial charge in [-0.15, -0.1) is 0 Å². The van der Waals surface area contributed by atoms with Crippen LogP contribution >= 0.6 is 0 Å². The smallest absolute Gasteiger partial charge is 0.257 e. The summed E-state index contributed by atoms with van der Waals surface area (Å²) >= 11 is 0. The van der Waals surface area contributed by atoms with E-state index in [-0.39, 0.29) is 11.4 Å². The van der Waals surface area contributed by atoms with E-state index < -0.39 is 0 Å². The number of rotatable bonds is 4. The monoisotopic (exact) mass is 296 g/mol. The topological polar surface area (TPSA) is 132 Å². The standard InChI is InChI=1S/C15H16N6O/c1-9(17)12-6-11(3-4-13(12)18)20-15(22)10-2-5-14(19)21(7-10)8-16/h2-8,16-17,19H,18H2,1H3,(H,20,22). The van der Waals surface area contributed by atoms with Gasteiger partial charge in [0.15, 0.2) is 0 Å². The minimum absolute atomic E-state index is 0.112. The molecule has 0 fully saturated rings. The zero-order chi connectivity index (χ0) is 16.3. The highest BCUT2D eigenvalue weighted by molar-refractivity contribution is 6.06. The molecule has 0 bridgehead atoms. The third-order valence-electron chi connectivity index (χ3n) is 3.09. The molecule has 7 nitrogen and oxygen atoms in total. The molecular formula is C15H16N6O. The van der Waals surface area contributed by atoms with Crippen LogP contribution in [0.2, 0.25) is 0 Å². The van der Waals surface area contributed by atoms with Gasteiger partial charge in [0.25, 0.3) is 5.91 Å². The number of carbonyl (C=O) groups excluding carboxylic acids is 1. The minimum Gasteiger partial charge on any atom is -0.398 e. The van der Waals surface area contributed by atoms with E-state index in [9.17, 15) is 4.79 Å². The van der Waals surface area contributed by atoms with Gasteiger partial charge in [-0.2, -0.15) is 0 Å². The zero-order valence-electron chi connectivity index (χ0n) is 12.0. The second-order valence-electron chi connectivity index (χ2n) is 4.72. The lowest BCUT2D eigenvalue weighted by Gasteiger charge is -2.10. The molecule has 0 atom stereocenters. The number of nitrogens with two attached hydrogens (primary N) is 1. The number of benzene rings is 1. The van der Waals surface area contributed by atoms with Gasteiger partial charge in [-0.3, -0.25) is 20.2 Å². The number of nitrogens with zero attached hydrogens (tertiary/aromatic N) is 1. The first kappa shape index (κ1) is 15.2. The summed E-state index contributed by atoms with van der Waals surface area (Å²) in [5.74, 6) is -0.367. The molecule has 0 aliphatic rings. The van der Waals surface area contributed by atoms with Crippen LogP contribution in [0.5, 0.6) is 0 Å². The maximum atomic E-state index is 12.2. The molecular weight excluding hydrogens is 280 g/mol. The first-order valence-electron chi connectivity index (χ1n) is 6.46. The fraction of sp³-hybridized carbons (Fsp3) is 0.0667. The molecule has 2 rings (SSSR count). The lowest BCUT2D eigenvalue weighted by molar-refractivity contribution is 0.102. The molecule has 0 radical (unpaired) electrons. The summed E-state index contributed by atoms with van der Waals surface area (Å²) < 4.78 is 1.23. The molecule has 1 aromatic heterocycles. The van der Waals surface area contributed by atoms with Crippen LogP contribution in [-0.2, 0) is 0 Å². The lowest BCUT2D eigenvalue weighted by Crippen LogP contribution is -2.21. The van der Waals surface area contributed by atoms with Gasteiger partial charge < -0.3 is 16.5 Å². The van der Waals surface area contributed by atoms with Crippen molar-refractivity contribution in [2.24, 2.45) is 0 Å². The van der Waals surface area contributed by atoms with E-state index in [1.165, 1.54) is 22.9 Å². The van der Waals surface area contributed by atoms with Crippen LogP contribution in [0.25, 0.3) is 0 Å². The maximum Gasteiger partial charge on any atom is 0.257 e. The van der Waals surface area contributed by atoms with E-state index in [0.717, 1.165) is 6.34 Å². The second-order valence-corrected chi connectivity index (χ2v) is 4.72. The number of nitrogens with one attached hydrogen (secondary N) is 4. The summed E-state index contributed by atoms with van der Waals surface area (Å²) in [7, 11) is 0. The van der Waals surface area contributed by atoms with Crippen LogP contribution in [0.15, 0.2) is 36.5 Å². The first-order valence-corrected chi connectivity index (χ1v) is 6.46. The van der Waals surface area contributed by atoms with E-state index in [4.69, 9.17) is 22.0 Å². The number of aromatic nitrogens is 1. The molecule has 7 heteroatoms. The Balaban J connectivity index is 2.29. The van der Waals surface area contributed by atoms with E-state index in [2.05, 4.69) is 5.32 Å². The largest absolute Gasteiger partial charge is 0.398 e. The van der Waals surface area contributed by atoms with Gasteiger partial charge in [-0.05, 0) is 37.3 Å². The van der Waals surface area contributed by atoms with Crippen LogP contribution < -0.4 is 16.5 Å². The molecule has 0 saturated carbocycles. The normalized spacial score (nSPS) is 10.0. The van der Waals surface area contributed by atoms with Crippen LogP contribution in [0, 0.1) is 16.2 Å². The summed E-state index contributed by atoms with van der Waals surface area (Å²) in [6.45, 7) is 1.62. The molecule has 0 saturated heterocycles. The minimum atomic E-state index is -0.367. The number of pyridine rings is 1. The molecule has 22 heavy (non-hydrogen) atoms. The van der Waals surface area contributed by atoms with Crippen molar-refractivity contribution >= 4 is 29.3 Å². The van der Waals surface area contributed by atoms with Crippen molar-refractivity contribution in [3.05, 3.63) is 53.1 Å². The third kappa shape index (κ3) is 3.09. The fourth-order valence-corrected chi connectivity index (χ4v) is 1.92. The first-order chi connectivity index (χ1) is 10.4. The Hall–Kier alpha value is -3.22. The average molecular weight is 296 g/mol. The Kier molecular flexibility index (Phi) is 4.17. The zero-order valence-corrected chi connectivity index (χ0v) is 12.0. The van der Waals surface area contributed by atoms with Gasteiger partial charge >= 0.3 is 0 Å². The van der Waals surface area contributed by atoms with E-state index >= 15 is 0 Å². The lowest BCUT2D eigenvalue weighted by atomic mass is 10.1. The molecule has 2 aromatic rings. The fourth-order valence-electron chi connectivity index (χ4n) is 1.92. The highest BCUT2D eigenvalue weighted by Crippen LogP contribution is 2.19. The molecule has 0 spiro atoms. The predicted molar refractivity (Wildman–Crippen MR) is 85.8 cm³/mol. The van der Waals surface area contributed by atoms with E-state index in [1.807, 2.05) is 0 Å². The number of hydrogen-bond donors (Lipinski definition) is 5. The van der Waals surface area contributed by atoms with Crippen molar-refractivity contribution in [3.8, 4) is 0 Å². The average Bonchev–Trinajstić information content (AvgIpc) is 2.49. The summed E-state index contributed by atoms with van der Waals surface area (Å²) in [6, 6.07) is 7.88. The van der Waals surface area contributed by atoms with Gasteiger partial charge in [0, 0.05) is 28.8 Å². The summed E-state index contributed by atoms with van der Waals surface area (Å²) in [5, 5.41) is 25.1. The van der Waals surface area contributed by atoms with Crippen LogP contribution in [0.1, 0.15) is 22.8 Å². The quantitative estimate of drug-likeness (QED) is 0.333. The van der Waals surface area contributed by atoms with Crippen molar-refractivity contribution < 1.29 is 4.79 Å². The summed E-state index contributed by atoms with van der Waals surface area (Å²) in [4.78, 5) is 12.2. The number of anilines is 2. The highest BCUT2D eigenvalue weighted by Gasteiger charge is 2.09. The molecule has 112 valence electrons. The van der Waals surface area contributed by atoms with Crippen molar-refractivity contribution in [3.63, 3.8) is 0 Å². The van der Waals surface area contributed by atoms with Gasteiger partial charge in [-0.1, -0.05) is 0 Å². The molecule has 0 unspecified atom stereocenters. The number of hydrogen-bond acceptors (Lipinski definition) is 5. The van der Waals surface area contributed by atoms with Crippen LogP contribution in [-0.4, -0.2) is 22.5 Å². The number of amides is 1. The van der Waals surface area contributed by atoms with Gasteiger partial charge in [0.2, 0.25) is 0 Å². The second kappa shape index (κ2) is 6.04. The Morgan fingerprint density at radius 3 is 2.68 bits per heavy atom. The third-order valence-corrected chi connectivity index (χ3v) is 3.09. The molecule has 1 aromatic carbocycles. The number of nitrogen functional groups attached to an aromatic ring is 1. The molecule has 6 N–H and O–H groups in total. The maximum absolute atomic E-state index is 12.2. The predicted octanol–water partition coefficient (Wildman–Crippen LogP) is 1.65. The Morgan fingerprint density at radius 1 is 1.32 bits per heavy atom. The summed E-state index contributed by atoms with van der Waals surface area (Å²) in [6.07, 6.45) is 2.36. The number of carbonyl (C=O) groups is 1. The Labute approximate surface area is 126 Å². The van der Waals surface area contributed by atoms with E-state index in [0.29, 0.717) is 28.2 Å². The van der Waals surface area contributed by atoms with Gasteiger partial charge in [0.05, 0.1) is 11.9 Å². The molecule has 1 amide bonds. The van der Waals surface area contributed by atoms with Gasteiger partial charge in [0.1, 0.15) is 5.49 Å². The highest BCUT2D eigenvalue weighted by atomic mass is 16.1. The Morgan fingerprint density at radius 2 is 2.05 bits per heavy atom. The van der Waals surface area contributed by atoms with Gasteiger partial charge in [-0.25, -0.2) is 0 Å². The van der Waals surface area contributed by atoms with Crippen LogP contribution in [0.4, 0.5) is 11.4 Å². The van der Waals surface area contributed by atoms with Crippen molar-refractivity contribution in [1.82, 2.24) is 4.57 Å². The van der Waals surface area contributed by atoms with Crippen molar-refractivity contribution in [1.29, 1.82) is 16.2 Å². The Bertz CT molecular complexity index is 821. The van der Waals surface area contributed by atoms with Crippen molar-refractivity contribution in [2.75, 3.05) is 11.1 Å².